The Morgan fingerprint density at radius 2 is 1.16 bits per heavy atom. The summed E-state index contributed by atoms with van der Waals surface area (Å²) < 4.78 is 0. The van der Waals surface area contributed by atoms with E-state index in [1.54, 1.807) is 0 Å². The minimum atomic E-state index is -0.735. The van der Waals surface area contributed by atoms with Gasteiger partial charge in [-0.2, -0.15) is 0 Å². The molecule has 0 saturated carbocycles. The fraction of sp³-hybridized carbons (Fsp3) is 0.412. The summed E-state index contributed by atoms with van der Waals surface area (Å²) in [4.78, 5) is 22.4. The third-order valence-corrected chi connectivity index (χ3v) is 7.81. The van der Waals surface area contributed by atoms with E-state index in [1.807, 2.05) is 0 Å². The van der Waals surface area contributed by atoms with Crippen LogP contribution in [0, 0.1) is 0 Å². The lowest BCUT2D eigenvalue weighted by Gasteiger charge is -2.19. The fourth-order valence-corrected chi connectivity index (χ4v) is 5.83. The van der Waals surface area contributed by atoms with Crippen molar-refractivity contribution in [2.75, 3.05) is 0 Å². The smallest absolute Gasteiger partial charge is 0.303 e. The molecular weight excluding hydrogens is 472 g/mol. The second kappa shape index (κ2) is 13.9. The molecule has 0 radical (unpaired) electrons. The van der Waals surface area contributed by atoms with E-state index in [9.17, 15) is 14.7 Å². The van der Waals surface area contributed by atoms with Gasteiger partial charge in [-0.1, -0.05) is 112 Å². The molecule has 4 aromatic carbocycles. The molecule has 4 rings (SSSR count). The predicted molar refractivity (Wildman–Crippen MR) is 157 cm³/mol. The minimum Gasteiger partial charge on any atom is -0.481 e. The summed E-state index contributed by atoms with van der Waals surface area (Å²) in [7, 11) is 0. The molecule has 0 spiro atoms. The van der Waals surface area contributed by atoms with Gasteiger partial charge in [-0.25, -0.2) is 0 Å². The minimum absolute atomic E-state index is 0.000859. The van der Waals surface area contributed by atoms with Crippen molar-refractivity contribution in [1.29, 1.82) is 0 Å². The van der Waals surface area contributed by atoms with Gasteiger partial charge in [0.05, 0.1) is 6.42 Å². The molecule has 4 heteroatoms. The molecule has 1 unspecified atom stereocenters. The Morgan fingerprint density at radius 1 is 0.579 bits per heavy atom. The first kappa shape index (κ1) is 27.6. The Labute approximate surface area is 225 Å². The second-order valence-electron chi connectivity index (χ2n) is 10.7. The van der Waals surface area contributed by atoms with Crippen LogP contribution in [0.15, 0.2) is 66.7 Å². The third-order valence-electron chi connectivity index (χ3n) is 7.81. The number of aliphatic carboxylic acids is 2. The Balaban J connectivity index is 1.37. The normalized spacial score (nSPS) is 12.3. The Morgan fingerprint density at radius 3 is 1.82 bits per heavy atom. The van der Waals surface area contributed by atoms with E-state index in [4.69, 9.17) is 5.11 Å². The Kier molecular flexibility index (Phi) is 10.1. The van der Waals surface area contributed by atoms with E-state index >= 15 is 0 Å². The molecule has 0 heterocycles. The SMILES string of the molecule is O=C(O)CCCCCCCCCCCCC(CC(=O)O)c1cccc2ccc3cc4ccccc4cc3c12. The number of carboxylic acids is 2. The van der Waals surface area contributed by atoms with E-state index < -0.39 is 11.9 Å². The van der Waals surface area contributed by atoms with Crippen LogP contribution in [0.25, 0.3) is 32.3 Å². The number of hydrogen-bond acceptors (Lipinski definition) is 2. The quantitative estimate of drug-likeness (QED) is 0.0890. The van der Waals surface area contributed by atoms with Gasteiger partial charge in [-0.15, -0.1) is 0 Å². The van der Waals surface area contributed by atoms with Crippen molar-refractivity contribution in [2.24, 2.45) is 0 Å². The van der Waals surface area contributed by atoms with Crippen LogP contribution in [-0.2, 0) is 9.59 Å². The highest BCUT2D eigenvalue weighted by molar-refractivity contribution is 6.13. The monoisotopic (exact) mass is 512 g/mol. The summed E-state index contributed by atoms with van der Waals surface area (Å²) in [6.45, 7) is 0. The van der Waals surface area contributed by atoms with Crippen molar-refractivity contribution in [1.82, 2.24) is 0 Å². The molecule has 4 aromatic rings. The van der Waals surface area contributed by atoms with Crippen molar-refractivity contribution >= 4 is 44.3 Å². The molecule has 4 nitrogen and oxygen atoms in total. The van der Waals surface area contributed by atoms with Crippen LogP contribution >= 0.6 is 0 Å². The molecule has 0 fully saturated rings. The molecule has 0 bridgehead atoms. The third kappa shape index (κ3) is 7.56. The van der Waals surface area contributed by atoms with Gasteiger partial charge in [0.25, 0.3) is 0 Å². The van der Waals surface area contributed by atoms with Gasteiger partial charge >= 0.3 is 11.9 Å². The van der Waals surface area contributed by atoms with Gasteiger partial charge in [0.15, 0.2) is 0 Å². The van der Waals surface area contributed by atoms with Crippen molar-refractivity contribution in [3.05, 3.63) is 72.3 Å². The van der Waals surface area contributed by atoms with Crippen LogP contribution < -0.4 is 0 Å². The molecule has 38 heavy (non-hydrogen) atoms. The number of carboxylic acid groups (broad SMARTS) is 2. The molecule has 0 aliphatic carbocycles. The highest BCUT2D eigenvalue weighted by Gasteiger charge is 2.19. The first-order valence-corrected chi connectivity index (χ1v) is 14.3. The topological polar surface area (TPSA) is 74.6 Å². The number of fused-ring (bicyclic) bond motifs is 4. The molecule has 2 N–H and O–H groups in total. The average Bonchev–Trinajstić information content (AvgIpc) is 2.91. The summed E-state index contributed by atoms with van der Waals surface area (Å²) in [6.07, 6.45) is 12.4. The van der Waals surface area contributed by atoms with Gasteiger partial charge < -0.3 is 10.2 Å². The second-order valence-corrected chi connectivity index (χ2v) is 10.7. The van der Waals surface area contributed by atoms with E-state index in [-0.39, 0.29) is 18.8 Å². The highest BCUT2D eigenvalue weighted by Crippen LogP contribution is 2.37. The first-order valence-electron chi connectivity index (χ1n) is 14.3. The van der Waals surface area contributed by atoms with E-state index in [2.05, 4.69) is 66.7 Å². The summed E-state index contributed by atoms with van der Waals surface area (Å²) >= 11 is 0. The maximum absolute atomic E-state index is 11.9. The van der Waals surface area contributed by atoms with Crippen LogP contribution in [-0.4, -0.2) is 22.2 Å². The van der Waals surface area contributed by atoms with Crippen LogP contribution in [0.1, 0.15) is 95.0 Å². The van der Waals surface area contributed by atoms with E-state index in [0.717, 1.165) is 44.1 Å². The van der Waals surface area contributed by atoms with Gasteiger partial charge in [0.1, 0.15) is 0 Å². The number of unbranched alkanes of at least 4 members (excludes halogenated alkanes) is 9. The molecule has 0 saturated heterocycles. The standard InChI is InChI=1S/C34H40O4/c35-32(36)19-10-8-6-4-2-1-3-5-7-9-16-28(24-33(37)38)30-18-13-17-25-20-21-29-22-26-14-11-12-15-27(26)23-31(29)34(25)30/h11-15,17-18,20-23,28H,1-10,16,19,24H2,(H,35,36)(H,37,38). The summed E-state index contributed by atoms with van der Waals surface area (Å²) in [5, 5.41) is 25.6. The Hall–Kier alpha value is -3.40. The lowest BCUT2D eigenvalue weighted by atomic mass is 9.85. The van der Waals surface area contributed by atoms with Gasteiger partial charge in [-0.05, 0) is 68.8 Å². The first-order chi connectivity index (χ1) is 18.5. The van der Waals surface area contributed by atoms with Gasteiger partial charge in [-0.3, -0.25) is 9.59 Å². The average molecular weight is 513 g/mol. The van der Waals surface area contributed by atoms with E-state index in [0.29, 0.717) is 0 Å². The lowest BCUT2D eigenvalue weighted by molar-refractivity contribution is -0.138. The van der Waals surface area contributed by atoms with Crippen LogP contribution in [0.4, 0.5) is 0 Å². The molecule has 0 aliphatic rings. The van der Waals surface area contributed by atoms with Crippen LogP contribution in [0.2, 0.25) is 0 Å². The molecule has 0 aliphatic heterocycles. The number of rotatable bonds is 16. The molecule has 0 amide bonds. The zero-order valence-electron chi connectivity index (χ0n) is 22.3. The maximum Gasteiger partial charge on any atom is 0.303 e. The van der Waals surface area contributed by atoms with Gasteiger partial charge in [0, 0.05) is 6.42 Å². The van der Waals surface area contributed by atoms with Crippen molar-refractivity contribution in [3.63, 3.8) is 0 Å². The lowest BCUT2D eigenvalue weighted by Crippen LogP contribution is -2.07. The fourth-order valence-electron chi connectivity index (χ4n) is 5.83. The molecular formula is C34H40O4. The number of carbonyl (C=O) groups is 2. The molecule has 1 atom stereocenters. The summed E-state index contributed by atoms with van der Waals surface area (Å²) in [5.74, 6) is -1.43. The molecule has 0 aromatic heterocycles. The van der Waals surface area contributed by atoms with E-state index in [1.165, 1.54) is 64.4 Å². The predicted octanol–water partition coefficient (Wildman–Crippen LogP) is 9.47. The zero-order chi connectivity index (χ0) is 26.7. The van der Waals surface area contributed by atoms with Crippen molar-refractivity contribution in [3.8, 4) is 0 Å². The Bertz CT molecular complexity index is 1370. The number of benzene rings is 4. The highest BCUT2D eigenvalue weighted by atomic mass is 16.4. The summed E-state index contributed by atoms with van der Waals surface area (Å²) in [5.41, 5.74) is 1.16. The zero-order valence-corrected chi connectivity index (χ0v) is 22.3. The van der Waals surface area contributed by atoms with Crippen molar-refractivity contribution in [2.45, 2.75) is 89.4 Å². The number of hydrogen-bond donors (Lipinski definition) is 2. The summed E-state index contributed by atoms with van der Waals surface area (Å²) in [6, 6.07) is 23.6. The molecule has 200 valence electrons. The maximum atomic E-state index is 11.9. The van der Waals surface area contributed by atoms with Crippen LogP contribution in [0.3, 0.4) is 0 Å². The van der Waals surface area contributed by atoms with Crippen LogP contribution in [0.5, 0.6) is 0 Å². The largest absolute Gasteiger partial charge is 0.481 e. The van der Waals surface area contributed by atoms with Crippen molar-refractivity contribution < 1.29 is 19.8 Å². The van der Waals surface area contributed by atoms with Gasteiger partial charge in [0.2, 0.25) is 0 Å².